The summed E-state index contributed by atoms with van der Waals surface area (Å²) in [6.45, 7) is 0.688. The first-order valence-electron chi connectivity index (χ1n) is 5.15. The SMILES string of the molecule is OCC#Cc1cnn([C@@H]2CCCCO2)c1. The molecule has 4 nitrogen and oxygen atoms in total. The van der Waals surface area contributed by atoms with Gasteiger partial charge >= 0.3 is 0 Å². The Morgan fingerprint density at radius 2 is 2.53 bits per heavy atom. The van der Waals surface area contributed by atoms with Gasteiger partial charge < -0.3 is 9.84 Å². The molecule has 0 spiro atoms. The number of aliphatic hydroxyl groups is 1. The average molecular weight is 206 g/mol. The molecule has 1 aromatic rings. The third kappa shape index (κ3) is 2.58. The molecule has 1 atom stereocenters. The van der Waals surface area contributed by atoms with Gasteiger partial charge in [-0.3, -0.25) is 0 Å². The Balaban J connectivity index is 2.05. The van der Waals surface area contributed by atoms with E-state index in [1.54, 1.807) is 10.9 Å². The Morgan fingerprint density at radius 1 is 1.60 bits per heavy atom. The fraction of sp³-hybridized carbons (Fsp3) is 0.545. The summed E-state index contributed by atoms with van der Waals surface area (Å²) in [7, 11) is 0. The fourth-order valence-electron chi connectivity index (χ4n) is 1.63. The van der Waals surface area contributed by atoms with Gasteiger partial charge in [0.2, 0.25) is 0 Å². The minimum absolute atomic E-state index is 0.0587. The number of ether oxygens (including phenoxy) is 1. The number of rotatable bonds is 1. The summed E-state index contributed by atoms with van der Waals surface area (Å²) in [5, 5.41) is 12.8. The molecule has 15 heavy (non-hydrogen) atoms. The molecule has 1 aliphatic heterocycles. The first kappa shape index (κ1) is 10.2. The summed E-state index contributed by atoms with van der Waals surface area (Å²) in [6.07, 6.45) is 6.94. The number of aliphatic hydroxyl groups excluding tert-OH is 1. The van der Waals surface area contributed by atoms with E-state index >= 15 is 0 Å². The van der Waals surface area contributed by atoms with Crippen molar-refractivity contribution in [3.63, 3.8) is 0 Å². The van der Waals surface area contributed by atoms with Crippen LogP contribution < -0.4 is 0 Å². The molecule has 1 aliphatic rings. The molecule has 0 aliphatic carbocycles. The highest BCUT2D eigenvalue weighted by Crippen LogP contribution is 2.21. The monoisotopic (exact) mass is 206 g/mol. The molecule has 0 bridgehead atoms. The van der Waals surface area contributed by atoms with Crippen LogP contribution in [0.15, 0.2) is 12.4 Å². The van der Waals surface area contributed by atoms with Gasteiger partial charge in [-0.2, -0.15) is 5.10 Å². The summed E-state index contributed by atoms with van der Waals surface area (Å²) >= 11 is 0. The largest absolute Gasteiger partial charge is 0.384 e. The van der Waals surface area contributed by atoms with Crippen molar-refractivity contribution in [2.24, 2.45) is 0 Å². The van der Waals surface area contributed by atoms with Crippen LogP contribution in [0.25, 0.3) is 0 Å². The summed E-state index contributed by atoms with van der Waals surface area (Å²) in [6, 6.07) is 0. The Kier molecular flexibility index (Phi) is 3.38. The van der Waals surface area contributed by atoms with Crippen molar-refractivity contribution in [1.82, 2.24) is 9.78 Å². The average Bonchev–Trinajstić information content (AvgIpc) is 2.76. The van der Waals surface area contributed by atoms with Gasteiger partial charge in [0.15, 0.2) is 0 Å². The maximum absolute atomic E-state index is 8.56. The van der Waals surface area contributed by atoms with Crippen LogP contribution in [0.2, 0.25) is 0 Å². The Labute approximate surface area is 88.9 Å². The summed E-state index contributed by atoms with van der Waals surface area (Å²) in [5.74, 6) is 5.41. The zero-order valence-electron chi connectivity index (χ0n) is 8.52. The lowest BCUT2D eigenvalue weighted by atomic mass is 10.2. The molecule has 4 heteroatoms. The molecule has 0 saturated carbocycles. The number of hydrogen-bond donors (Lipinski definition) is 1. The van der Waals surface area contributed by atoms with Gasteiger partial charge in [0.05, 0.1) is 11.8 Å². The quantitative estimate of drug-likeness (QED) is 0.695. The van der Waals surface area contributed by atoms with Crippen LogP contribution in [-0.4, -0.2) is 28.1 Å². The number of nitrogens with zero attached hydrogens (tertiary/aromatic N) is 2. The maximum atomic E-state index is 8.56. The van der Waals surface area contributed by atoms with Gasteiger partial charge in [-0.05, 0) is 19.3 Å². The maximum Gasteiger partial charge on any atom is 0.150 e. The second-order valence-corrected chi connectivity index (χ2v) is 3.49. The van der Waals surface area contributed by atoms with E-state index in [1.165, 1.54) is 6.42 Å². The smallest absolute Gasteiger partial charge is 0.150 e. The van der Waals surface area contributed by atoms with Crippen molar-refractivity contribution in [3.05, 3.63) is 18.0 Å². The molecular formula is C11H14N2O2. The molecule has 1 N–H and O–H groups in total. The van der Waals surface area contributed by atoms with E-state index in [2.05, 4.69) is 16.9 Å². The van der Waals surface area contributed by atoms with E-state index < -0.39 is 0 Å². The van der Waals surface area contributed by atoms with E-state index in [-0.39, 0.29) is 12.8 Å². The first-order chi connectivity index (χ1) is 7.40. The molecule has 2 rings (SSSR count). The van der Waals surface area contributed by atoms with Crippen LogP contribution in [0.5, 0.6) is 0 Å². The van der Waals surface area contributed by atoms with Crippen LogP contribution in [0.1, 0.15) is 31.1 Å². The van der Waals surface area contributed by atoms with Crippen LogP contribution in [-0.2, 0) is 4.74 Å². The van der Waals surface area contributed by atoms with Gasteiger partial charge in [-0.25, -0.2) is 4.68 Å². The standard InChI is InChI=1S/C11H14N2O2/c14-6-3-4-10-8-12-13(9-10)11-5-1-2-7-15-11/h8-9,11,14H,1-2,5-7H2/t11-/m0/s1. The number of aromatic nitrogens is 2. The Bertz CT molecular complexity index is 369. The van der Waals surface area contributed by atoms with Crippen molar-refractivity contribution < 1.29 is 9.84 Å². The molecule has 0 aromatic carbocycles. The second kappa shape index (κ2) is 4.96. The topological polar surface area (TPSA) is 47.3 Å². The van der Waals surface area contributed by atoms with Crippen molar-refractivity contribution >= 4 is 0 Å². The zero-order chi connectivity index (χ0) is 10.5. The lowest BCUT2D eigenvalue weighted by Gasteiger charge is -2.22. The second-order valence-electron chi connectivity index (χ2n) is 3.49. The zero-order valence-corrected chi connectivity index (χ0v) is 8.52. The highest BCUT2D eigenvalue weighted by molar-refractivity contribution is 5.29. The summed E-state index contributed by atoms with van der Waals surface area (Å²) in [4.78, 5) is 0. The number of hydrogen-bond acceptors (Lipinski definition) is 3. The van der Waals surface area contributed by atoms with Crippen molar-refractivity contribution in [2.45, 2.75) is 25.5 Å². The fourth-order valence-corrected chi connectivity index (χ4v) is 1.63. The first-order valence-corrected chi connectivity index (χ1v) is 5.15. The third-order valence-electron chi connectivity index (χ3n) is 2.36. The highest BCUT2D eigenvalue weighted by Gasteiger charge is 2.15. The van der Waals surface area contributed by atoms with E-state index in [4.69, 9.17) is 9.84 Å². The molecular weight excluding hydrogens is 192 g/mol. The minimum atomic E-state index is -0.120. The summed E-state index contributed by atoms with van der Waals surface area (Å²) < 4.78 is 7.39. The molecule has 1 aromatic heterocycles. The summed E-state index contributed by atoms with van der Waals surface area (Å²) in [5.41, 5.74) is 0.818. The normalized spacial score (nSPS) is 20.7. The molecule has 0 radical (unpaired) electrons. The lowest BCUT2D eigenvalue weighted by molar-refractivity contribution is -0.0395. The van der Waals surface area contributed by atoms with Crippen molar-refractivity contribution in [3.8, 4) is 11.8 Å². The lowest BCUT2D eigenvalue weighted by Crippen LogP contribution is -2.18. The Morgan fingerprint density at radius 3 is 3.27 bits per heavy atom. The molecule has 0 amide bonds. The third-order valence-corrected chi connectivity index (χ3v) is 2.36. The minimum Gasteiger partial charge on any atom is -0.384 e. The van der Waals surface area contributed by atoms with Gasteiger partial charge in [0, 0.05) is 12.8 Å². The van der Waals surface area contributed by atoms with Gasteiger partial charge in [-0.1, -0.05) is 11.8 Å². The van der Waals surface area contributed by atoms with Crippen LogP contribution >= 0.6 is 0 Å². The predicted octanol–water partition coefficient (Wildman–Crippen LogP) is 0.926. The van der Waals surface area contributed by atoms with E-state index in [0.717, 1.165) is 25.0 Å². The van der Waals surface area contributed by atoms with Crippen LogP contribution in [0, 0.1) is 11.8 Å². The predicted molar refractivity (Wildman–Crippen MR) is 55.0 cm³/mol. The van der Waals surface area contributed by atoms with Crippen molar-refractivity contribution in [1.29, 1.82) is 0 Å². The van der Waals surface area contributed by atoms with E-state index in [0.29, 0.717) is 0 Å². The molecule has 0 unspecified atom stereocenters. The van der Waals surface area contributed by atoms with Crippen molar-refractivity contribution in [2.75, 3.05) is 13.2 Å². The molecule has 1 saturated heterocycles. The van der Waals surface area contributed by atoms with E-state index in [9.17, 15) is 0 Å². The van der Waals surface area contributed by atoms with Gasteiger partial charge in [0.25, 0.3) is 0 Å². The molecule has 80 valence electrons. The Hall–Kier alpha value is -1.31. The van der Waals surface area contributed by atoms with E-state index in [1.807, 2.05) is 6.20 Å². The molecule has 2 heterocycles. The molecule has 1 fully saturated rings. The highest BCUT2D eigenvalue weighted by atomic mass is 16.5. The van der Waals surface area contributed by atoms with Gasteiger partial charge in [-0.15, -0.1) is 0 Å². The van der Waals surface area contributed by atoms with Crippen LogP contribution in [0.3, 0.4) is 0 Å². The van der Waals surface area contributed by atoms with Crippen LogP contribution in [0.4, 0.5) is 0 Å². The van der Waals surface area contributed by atoms with Gasteiger partial charge in [0.1, 0.15) is 12.8 Å².